The van der Waals surface area contributed by atoms with Crippen molar-refractivity contribution in [3.8, 4) is 5.75 Å². The van der Waals surface area contributed by atoms with Crippen LogP contribution in [0, 0.1) is 0 Å². The van der Waals surface area contributed by atoms with E-state index >= 15 is 0 Å². The number of hydrogen-bond donors (Lipinski definition) is 2. The molecule has 0 bridgehead atoms. The van der Waals surface area contributed by atoms with Gasteiger partial charge in [0, 0.05) is 0 Å². The normalized spacial score (nSPS) is 16.1. The third kappa shape index (κ3) is 3.94. The number of ether oxygens (including phenoxy) is 2. The second-order valence-electron chi connectivity index (χ2n) is 4.57. The summed E-state index contributed by atoms with van der Waals surface area (Å²) < 4.78 is 10.5. The third-order valence-electron chi connectivity index (χ3n) is 3.32. The van der Waals surface area contributed by atoms with Gasteiger partial charge in [0.1, 0.15) is 18.8 Å². The predicted molar refractivity (Wildman–Crippen MR) is 71.7 cm³/mol. The quantitative estimate of drug-likeness (QED) is 0.743. The Kier molecular flexibility index (Phi) is 5.18. The average Bonchev–Trinajstić information content (AvgIpc) is 2.48. The number of carbonyl (C=O) groups excluding carboxylic acids is 1. The van der Waals surface area contributed by atoms with Crippen molar-refractivity contribution in [1.29, 1.82) is 0 Å². The molecule has 0 radical (unpaired) electrons. The first kappa shape index (κ1) is 13.8. The van der Waals surface area contributed by atoms with E-state index in [2.05, 4.69) is 5.32 Å². The Labute approximate surface area is 113 Å². The number of para-hydroxylation sites is 1. The monoisotopic (exact) mass is 265 g/mol. The minimum atomic E-state index is -0.0786. The molecule has 0 spiro atoms. The van der Waals surface area contributed by atoms with Crippen molar-refractivity contribution in [2.24, 2.45) is 0 Å². The minimum absolute atomic E-state index is 0.0786. The summed E-state index contributed by atoms with van der Waals surface area (Å²) in [7, 11) is 1.57. The molecule has 1 saturated heterocycles. The number of amides is 1. The van der Waals surface area contributed by atoms with E-state index in [1.54, 1.807) is 19.2 Å². The molecule has 1 heterocycles. The highest BCUT2D eigenvalue weighted by Gasteiger charge is 2.15. The molecule has 1 amide bonds. The summed E-state index contributed by atoms with van der Waals surface area (Å²) in [6.07, 6.45) is 0. The third-order valence-corrected chi connectivity index (χ3v) is 3.32. The number of nitrogens with one attached hydrogen (secondary N) is 2. The van der Waals surface area contributed by atoms with Crippen molar-refractivity contribution in [1.82, 2.24) is 5.32 Å². The van der Waals surface area contributed by atoms with Crippen LogP contribution in [0.2, 0.25) is 0 Å². The number of hydrogen-bond acceptors (Lipinski definition) is 3. The molecule has 1 aliphatic rings. The predicted octanol–water partition coefficient (Wildman–Crippen LogP) is -0.660. The standard InChI is InChI=1S/C14H20N2O3/c1-18-13-5-3-2-4-12(13)14(17)15-6-7-16-8-10-19-11-9-16/h2-5H,6-11H2,1H3,(H,15,17)/p+1. The second-order valence-corrected chi connectivity index (χ2v) is 4.57. The van der Waals surface area contributed by atoms with E-state index in [-0.39, 0.29) is 5.91 Å². The van der Waals surface area contributed by atoms with E-state index in [0.29, 0.717) is 17.9 Å². The summed E-state index contributed by atoms with van der Waals surface area (Å²) in [5, 5.41) is 2.94. The summed E-state index contributed by atoms with van der Waals surface area (Å²) >= 11 is 0. The molecule has 0 atom stereocenters. The van der Waals surface area contributed by atoms with Crippen LogP contribution >= 0.6 is 0 Å². The molecule has 5 heteroatoms. The molecule has 104 valence electrons. The molecular weight excluding hydrogens is 244 g/mol. The van der Waals surface area contributed by atoms with E-state index in [4.69, 9.17) is 9.47 Å². The van der Waals surface area contributed by atoms with Gasteiger partial charge in [-0.05, 0) is 12.1 Å². The summed E-state index contributed by atoms with van der Waals surface area (Å²) in [5.74, 6) is 0.531. The van der Waals surface area contributed by atoms with Gasteiger partial charge in [0.2, 0.25) is 0 Å². The number of rotatable bonds is 5. The number of benzene rings is 1. The zero-order valence-corrected chi connectivity index (χ0v) is 11.3. The van der Waals surface area contributed by atoms with Gasteiger partial charge in [-0.15, -0.1) is 0 Å². The van der Waals surface area contributed by atoms with Crippen molar-refractivity contribution in [3.05, 3.63) is 29.8 Å². The van der Waals surface area contributed by atoms with Crippen LogP contribution in [0.25, 0.3) is 0 Å². The van der Waals surface area contributed by atoms with Crippen molar-refractivity contribution >= 4 is 5.91 Å². The van der Waals surface area contributed by atoms with E-state index in [1.807, 2.05) is 12.1 Å². The highest BCUT2D eigenvalue weighted by molar-refractivity contribution is 5.96. The fourth-order valence-corrected chi connectivity index (χ4v) is 2.19. The molecule has 0 saturated carbocycles. The summed E-state index contributed by atoms with van der Waals surface area (Å²) in [6.45, 7) is 5.27. The lowest BCUT2D eigenvalue weighted by Gasteiger charge is -2.23. The molecule has 1 aromatic rings. The van der Waals surface area contributed by atoms with Crippen LogP contribution in [0.15, 0.2) is 24.3 Å². The van der Waals surface area contributed by atoms with Crippen molar-refractivity contribution in [2.75, 3.05) is 46.5 Å². The van der Waals surface area contributed by atoms with Gasteiger partial charge in [-0.2, -0.15) is 0 Å². The molecule has 1 aromatic carbocycles. The number of carbonyl (C=O) groups is 1. The lowest BCUT2D eigenvalue weighted by atomic mass is 10.2. The lowest BCUT2D eigenvalue weighted by molar-refractivity contribution is -0.906. The molecule has 19 heavy (non-hydrogen) atoms. The van der Waals surface area contributed by atoms with Crippen LogP contribution in [0.4, 0.5) is 0 Å². The van der Waals surface area contributed by atoms with Gasteiger partial charge in [0.05, 0.1) is 39.0 Å². The Morgan fingerprint density at radius 1 is 1.37 bits per heavy atom. The Balaban J connectivity index is 1.80. The van der Waals surface area contributed by atoms with Gasteiger partial charge in [-0.25, -0.2) is 0 Å². The highest BCUT2D eigenvalue weighted by atomic mass is 16.5. The van der Waals surface area contributed by atoms with E-state index < -0.39 is 0 Å². The van der Waals surface area contributed by atoms with Gasteiger partial charge in [0.15, 0.2) is 0 Å². The molecule has 1 aliphatic heterocycles. The lowest BCUT2D eigenvalue weighted by Crippen LogP contribution is -3.14. The molecule has 2 rings (SSSR count). The molecule has 0 unspecified atom stereocenters. The first-order chi connectivity index (χ1) is 9.31. The molecule has 2 N–H and O–H groups in total. The topological polar surface area (TPSA) is 52.0 Å². The molecule has 0 aliphatic carbocycles. The van der Waals surface area contributed by atoms with Crippen LogP contribution in [0.3, 0.4) is 0 Å². The van der Waals surface area contributed by atoms with Gasteiger partial charge in [-0.3, -0.25) is 4.79 Å². The van der Waals surface area contributed by atoms with Crippen LogP contribution in [-0.2, 0) is 4.74 Å². The minimum Gasteiger partial charge on any atom is -0.496 e. The van der Waals surface area contributed by atoms with Crippen LogP contribution in [0.5, 0.6) is 5.75 Å². The van der Waals surface area contributed by atoms with Crippen LogP contribution in [0.1, 0.15) is 10.4 Å². The Morgan fingerprint density at radius 2 is 2.11 bits per heavy atom. The average molecular weight is 265 g/mol. The van der Waals surface area contributed by atoms with Gasteiger partial charge in [0.25, 0.3) is 5.91 Å². The second kappa shape index (κ2) is 7.11. The Morgan fingerprint density at radius 3 is 2.84 bits per heavy atom. The SMILES string of the molecule is COc1ccccc1C(=O)NCC[NH+]1CCOCC1. The van der Waals surface area contributed by atoms with E-state index in [1.165, 1.54) is 4.90 Å². The fraction of sp³-hybridized carbons (Fsp3) is 0.500. The number of morpholine rings is 1. The van der Waals surface area contributed by atoms with Crippen molar-refractivity contribution in [2.45, 2.75) is 0 Å². The maximum atomic E-state index is 12.0. The molecule has 5 nitrogen and oxygen atoms in total. The van der Waals surface area contributed by atoms with Crippen molar-refractivity contribution < 1.29 is 19.2 Å². The van der Waals surface area contributed by atoms with E-state index in [0.717, 1.165) is 32.8 Å². The first-order valence-electron chi connectivity index (χ1n) is 6.64. The van der Waals surface area contributed by atoms with E-state index in [9.17, 15) is 4.79 Å². The maximum Gasteiger partial charge on any atom is 0.255 e. The largest absolute Gasteiger partial charge is 0.496 e. The highest BCUT2D eigenvalue weighted by Crippen LogP contribution is 2.16. The number of quaternary nitrogens is 1. The van der Waals surface area contributed by atoms with Crippen molar-refractivity contribution in [3.63, 3.8) is 0 Å². The molecular formula is C14H21N2O3+. The van der Waals surface area contributed by atoms with Crippen LogP contribution in [-0.4, -0.2) is 52.4 Å². The zero-order valence-electron chi connectivity index (χ0n) is 11.3. The Hall–Kier alpha value is -1.59. The maximum absolute atomic E-state index is 12.0. The van der Waals surface area contributed by atoms with Gasteiger partial charge in [-0.1, -0.05) is 12.1 Å². The Bertz CT molecular complexity index is 417. The summed E-state index contributed by atoms with van der Waals surface area (Å²) in [4.78, 5) is 13.5. The summed E-state index contributed by atoms with van der Waals surface area (Å²) in [6, 6.07) is 7.26. The summed E-state index contributed by atoms with van der Waals surface area (Å²) in [5.41, 5.74) is 0.585. The fourth-order valence-electron chi connectivity index (χ4n) is 2.19. The zero-order chi connectivity index (χ0) is 13.5. The first-order valence-corrected chi connectivity index (χ1v) is 6.64. The van der Waals surface area contributed by atoms with Gasteiger partial charge < -0.3 is 19.7 Å². The molecule has 0 aromatic heterocycles. The van der Waals surface area contributed by atoms with Crippen LogP contribution < -0.4 is 15.0 Å². The smallest absolute Gasteiger partial charge is 0.255 e. The molecule has 1 fully saturated rings. The van der Waals surface area contributed by atoms with Gasteiger partial charge >= 0.3 is 0 Å². The number of methoxy groups -OCH3 is 1.